The van der Waals surface area contributed by atoms with E-state index in [1.165, 1.54) is 19.2 Å². The Hall–Kier alpha value is -2.08. The van der Waals surface area contributed by atoms with E-state index in [-0.39, 0.29) is 23.3 Å². The second-order valence-corrected chi connectivity index (χ2v) is 4.98. The standard InChI is InChI=1S/C14H18N2O4/c1-8(13-10(17)4-3-5-11(13)18)15-9-6-7-12(19)16(2)14(9)20/h3-5,8-9,15,17-18H,6-7H2,1-2H3. The van der Waals surface area contributed by atoms with Crippen LogP contribution in [0.25, 0.3) is 0 Å². The predicted octanol–water partition coefficient (Wildman–Crippen LogP) is 0.896. The van der Waals surface area contributed by atoms with E-state index in [9.17, 15) is 19.8 Å². The maximum absolute atomic E-state index is 12.0. The fourth-order valence-corrected chi connectivity index (χ4v) is 2.44. The Bertz CT molecular complexity index is 524. The van der Waals surface area contributed by atoms with Gasteiger partial charge in [0, 0.05) is 19.5 Å². The molecule has 1 heterocycles. The smallest absolute Gasteiger partial charge is 0.246 e. The Morgan fingerprint density at radius 3 is 2.50 bits per heavy atom. The van der Waals surface area contributed by atoms with Crippen molar-refractivity contribution in [2.75, 3.05) is 7.05 Å². The molecule has 2 unspecified atom stereocenters. The SMILES string of the molecule is CC(NC1CCC(=O)N(C)C1=O)c1c(O)cccc1O. The van der Waals surface area contributed by atoms with Crippen molar-refractivity contribution in [2.24, 2.45) is 0 Å². The van der Waals surface area contributed by atoms with Gasteiger partial charge in [0.15, 0.2) is 0 Å². The highest BCUT2D eigenvalue weighted by Crippen LogP contribution is 2.32. The largest absolute Gasteiger partial charge is 0.507 e. The molecule has 20 heavy (non-hydrogen) atoms. The van der Waals surface area contributed by atoms with Gasteiger partial charge in [-0.15, -0.1) is 0 Å². The number of rotatable bonds is 3. The monoisotopic (exact) mass is 278 g/mol. The molecule has 0 saturated carbocycles. The molecule has 2 amide bonds. The molecular weight excluding hydrogens is 260 g/mol. The zero-order chi connectivity index (χ0) is 14.9. The van der Waals surface area contributed by atoms with Crippen molar-refractivity contribution in [3.63, 3.8) is 0 Å². The van der Waals surface area contributed by atoms with Gasteiger partial charge in [-0.2, -0.15) is 0 Å². The van der Waals surface area contributed by atoms with Gasteiger partial charge in [-0.25, -0.2) is 0 Å². The first-order chi connectivity index (χ1) is 9.41. The zero-order valence-electron chi connectivity index (χ0n) is 11.5. The van der Waals surface area contributed by atoms with Crippen LogP contribution in [0.4, 0.5) is 0 Å². The summed E-state index contributed by atoms with van der Waals surface area (Å²) in [5.41, 5.74) is 0.347. The number of nitrogens with one attached hydrogen (secondary N) is 1. The minimum atomic E-state index is -0.494. The summed E-state index contributed by atoms with van der Waals surface area (Å²) in [5.74, 6) is -0.538. The van der Waals surface area contributed by atoms with Crippen molar-refractivity contribution >= 4 is 11.8 Å². The highest BCUT2D eigenvalue weighted by molar-refractivity contribution is 6.00. The first-order valence-electron chi connectivity index (χ1n) is 6.49. The van der Waals surface area contributed by atoms with Crippen molar-refractivity contribution in [3.05, 3.63) is 23.8 Å². The number of benzene rings is 1. The summed E-state index contributed by atoms with van der Waals surface area (Å²) >= 11 is 0. The van der Waals surface area contributed by atoms with Gasteiger partial charge in [0.05, 0.1) is 11.6 Å². The number of hydrogen-bond acceptors (Lipinski definition) is 5. The van der Waals surface area contributed by atoms with Gasteiger partial charge in [-0.05, 0) is 25.5 Å². The van der Waals surface area contributed by atoms with Gasteiger partial charge < -0.3 is 10.2 Å². The van der Waals surface area contributed by atoms with E-state index >= 15 is 0 Å². The molecule has 2 atom stereocenters. The fourth-order valence-electron chi connectivity index (χ4n) is 2.44. The van der Waals surface area contributed by atoms with Crippen molar-refractivity contribution in [1.29, 1.82) is 0 Å². The lowest BCUT2D eigenvalue weighted by Gasteiger charge is -2.30. The summed E-state index contributed by atoms with van der Waals surface area (Å²) in [6, 6.07) is 3.59. The number of carbonyl (C=O) groups is 2. The number of hydrogen-bond donors (Lipinski definition) is 3. The summed E-state index contributed by atoms with van der Waals surface area (Å²) in [7, 11) is 1.46. The average Bonchev–Trinajstić information content (AvgIpc) is 2.39. The highest BCUT2D eigenvalue weighted by atomic mass is 16.3. The molecule has 1 aliphatic heterocycles. The second kappa shape index (κ2) is 5.50. The number of nitrogens with zero attached hydrogens (tertiary/aromatic N) is 1. The van der Waals surface area contributed by atoms with Crippen LogP contribution >= 0.6 is 0 Å². The summed E-state index contributed by atoms with van der Waals surface area (Å²) in [6.07, 6.45) is 0.722. The number of aromatic hydroxyl groups is 2. The third-order valence-corrected chi connectivity index (χ3v) is 3.59. The van der Waals surface area contributed by atoms with Crippen molar-refractivity contribution in [2.45, 2.75) is 31.8 Å². The van der Waals surface area contributed by atoms with E-state index < -0.39 is 12.1 Å². The molecule has 3 N–H and O–H groups in total. The molecule has 6 nitrogen and oxygen atoms in total. The summed E-state index contributed by atoms with van der Waals surface area (Å²) in [5, 5.41) is 22.7. The molecule has 108 valence electrons. The Labute approximate surface area is 117 Å². The molecule has 1 fully saturated rings. The summed E-state index contributed by atoms with van der Waals surface area (Å²) < 4.78 is 0. The van der Waals surface area contributed by atoms with Gasteiger partial charge >= 0.3 is 0 Å². The van der Waals surface area contributed by atoms with Crippen LogP contribution in [0.2, 0.25) is 0 Å². The molecule has 1 aromatic rings. The highest BCUT2D eigenvalue weighted by Gasteiger charge is 2.33. The van der Waals surface area contributed by atoms with Crippen LogP contribution in [0.1, 0.15) is 31.4 Å². The lowest BCUT2D eigenvalue weighted by Crippen LogP contribution is -2.51. The van der Waals surface area contributed by atoms with Crippen molar-refractivity contribution in [3.8, 4) is 11.5 Å². The molecule has 0 spiro atoms. The number of piperidine rings is 1. The molecule has 1 aromatic carbocycles. The van der Waals surface area contributed by atoms with Crippen LogP contribution in [0.3, 0.4) is 0 Å². The maximum atomic E-state index is 12.0. The van der Waals surface area contributed by atoms with Crippen LogP contribution in [0.15, 0.2) is 18.2 Å². The third-order valence-electron chi connectivity index (χ3n) is 3.59. The number of likely N-dealkylation sites (N-methyl/N-ethyl adjacent to an activating group) is 1. The first-order valence-corrected chi connectivity index (χ1v) is 6.49. The van der Waals surface area contributed by atoms with Crippen LogP contribution in [0, 0.1) is 0 Å². The molecular formula is C14H18N2O4. The van der Waals surface area contributed by atoms with E-state index in [1.54, 1.807) is 13.0 Å². The molecule has 0 aliphatic carbocycles. The fraction of sp³-hybridized carbons (Fsp3) is 0.429. The van der Waals surface area contributed by atoms with Crippen molar-refractivity contribution < 1.29 is 19.8 Å². The van der Waals surface area contributed by atoms with Gasteiger partial charge in [0.2, 0.25) is 11.8 Å². The van der Waals surface area contributed by atoms with E-state index in [0.29, 0.717) is 18.4 Å². The third kappa shape index (κ3) is 2.60. The molecule has 1 aliphatic rings. The molecule has 1 saturated heterocycles. The topological polar surface area (TPSA) is 89.9 Å². The van der Waals surface area contributed by atoms with E-state index in [1.807, 2.05) is 0 Å². The second-order valence-electron chi connectivity index (χ2n) is 4.98. The number of carbonyl (C=O) groups excluding carboxylic acids is 2. The number of likely N-dealkylation sites (tertiary alicyclic amines) is 1. The summed E-state index contributed by atoms with van der Waals surface area (Å²) in [6.45, 7) is 1.75. The lowest BCUT2D eigenvalue weighted by atomic mass is 10.0. The van der Waals surface area contributed by atoms with E-state index in [4.69, 9.17) is 0 Å². The quantitative estimate of drug-likeness (QED) is 0.715. The van der Waals surface area contributed by atoms with Crippen LogP contribution in [-0.4, -0.2) is 40.0 Å². The van der Waals surface area contributed by atoms with Crippen LogP contribution in [-0.2, 0) is 9.59 Å². The minimum Gasteiger partial charge on any atom is -0.507 e. The molecule has 6 heteroatoms. The Balaban J connectivity index is 2.14. The lowest BCUT2D eigenvalue weighted by molar-refractivity contribution is -0.148. The predicted molar refractivity (Wildman–Crippen MR) is 72.1 cm³/mol. The number of imide groups is 1. The number of amides is 2. The Morgan fingerprint density at radius 1 is 1.30 bits per heavy atom. The average molecular weight is 278 g/mol. The molecule has 0 bridgehead atoms. The molecule has 0 radical (unpaired) electrons. The summed E-state index contributed by atoms with van der Waals surface area (Å²) in [4.78, 5) is 24.5. The minimum absolute atomic E-state index is 0.0299. The van der Waals surface area contributed by atoms with E-state index in [2.05, 4.69) is 5.32 Å². The van der Waals surface area contributed by atoms with Gasteiger partial charge in [0.25, 0.3) is 0 Å². The molecule has 2 rings (SSSR count). The molecule has 0 aromatic heterocycles. The van der Waals surface area contributed by atoms with Gasteiger partial charge in [0.1, 0.15) is 11.5 Å². The van der Waals surface area contributed by atoms with Gasteiger partial charge in [-0.1, -0.05) is 6.07 Å². The Morgan fingerprint density at radius 2 is 1.90 bits per heavy atom. The normalized spacial score (nSPS) is 21.1. The van der Waals surface area contributed by atoms with Gasteiger partial charge in [-0.3, -0.25) is 19.8 Å². The first kappa shape index (κ1) is 14.3. The zero-order valence-corrected chi connectivity index (χ0v) is 11.5. The maximum Gasteiger partial charge on any atom is 0.246 e. The number of phenols is 2. The van der Waals surface area contributed by atoms with Crippen LogP contribution in [0.5, 0.6) is 11.5 Å². The Kier molecular flexibility index (Phi) is 3.94. The van der Waals surface area contributed by atoms with Crippen LogP contribution < -0.4 is 5.32 Å². The number of phenolic OH excluding ortho intramolecular Hbond substituents is 2. The van der Waals surface area contributed by atoms with Crippen molar-refractivity contribution in [1.82, 2.24) is 10.2 Å². The van der Waals surface area contributed by atoms with E-state index in [0.717, 1.165) is 4.90 Å².